The van der Waals surface area contributed by atoms with E-state index in [4.69, 9.17) is 0 Å². The molecule has 33 heavy (non-hydrogen) atoms. The molecule has 1 unspecified atom stereocenters. The van der Waals surface area contributed by atoms with Gasteiger partial charge in [0, 0.05) is 28.0 Å². The van der Waals surface area contributed by atoms with Gasteiger partial charge in [0.15, 0.2) is 0 Å². The molecular formula is C30H29NOS. The van der Waals surface area contributed by atoms with Gasteiger partial charge in [-0.25, -0.2) is 0 Å². The molecule has 0 radical (unpaired) electrons. The van der Waals surface area contributed by atoms with Gasteiger partial charge in [-0.3, -0.25) is 0 Å². The number of fused-ring (bicyclic) bond motifs is 5. The number of hydrogen-bond donors (Lipinski definition) is 1. The van der Waals surface area contributed by atoms with E-state index in [0.717, 1.165) is 17.7 Å². The molecule has 3 aromatic rings. The molecule has 3 aliphatic rings. The Morgan fingerprint density at radius 3 is 2.79 bits per heavy atom. The summed E-state index contributed by atoms with van der Waals surface area (Å²) in [6.45, 7) is 4.77. The van der Waals surface area contributed by atoms with Crippen LogP contribution in [-0.4, -0.2) is 18.2 Å². The molecular weight excluding hydrogens is 422 g/mol. The second-order valence-electron chi connectivity index (χ2n) is 10.0. The van der Waals surface area contributed by atoms with E-state index in [-0.39, 0.29) is 5.41 Å². The van der Waals surface area contributed by atoms with E-state index >= 15 is 0 Å². The lowest BCUT2D eigenvalue weighted by Gasteiger charge is -2.31. The largest absolute Gasteiger partial charge is 0.508 e. The van der Waals surface area contributed by atoms with Gasteiger partial charge in [0.05, 0.1) is 6.04 Å². The summed E-state index contributed by atoms with van der Waals surface area (Å²) in [6, 6.07) is 19.3. The third-order valence-electron chi connectivity index (χ3n) is 7.58. The Balaban J connectivity index is 1.39. The fourth-order valence-corrected chi connectivity index (χ4v) is 7.19. The highest BCUT2D eigenvalue weighted by Crippen LogP contribution is 2.50. The Hall–Kier alpha value is -2.91. The first-order valence-electron chi connectivity index (χ1n) is 11.8. The minimum Gasteiger partial charge on any atom is -0.508 e. The number of nitrogens with zero attached hydrogens (tertiary/aromatic N) is 1. The maximum absolute atomic E-state index is 9.98. The zero-order valence-electron chi connectivity index (χ0n) is 19.4. The van der Waals surface area contributed by atoms with Crippen LogP contribution >= 0.6 is 11.8 Å². The highest BCUT2D eigenvalue weighted by molar-refractivity contribution is 8.03. The predicted octanol–water partition coefficient (Wildman–Crippen LogP) is 7.82. The molecule has 0 aromatic heterocycles. The summed E-state index contributed by atoms with van der Waals surface area (Å²) >= 11 is 1.82. The molecule has 1 N–H and O–H groups in total. The first-order valence-corrected chi connectivity index (χ1v) is 12.6. The number of rotatable bonds is 2. The van der Waals surface area contributed by atoms with Crippen molar-refractivity contribution in [2.24, 2.45) is 0 Å². The van der Waals surface area contributed by atoms with E-state index < -0.39 is 0 Å². The molecule has 3 heteroatoms. The summed E-state index contributed by atoms with van der Waals surface area (Å²) in [4.78, 5) is 4.99. The van der Waals surface area contributed by atoms with Gasteiger partial charge in [-0.05, 0) is 76.6 Å². The van der Waals surface area contributed by atoms with E-state index in [0.29, 0.717) is 11.8 Å². The number of phenolic OH excluding ortho intramolecular Hbond substituents is 1. The number of aromatic hydroxyl groups is 1. The second-order valence-corrected chi connectivity index (χ2v) is 11.1. The molecule has 2 nitrogen and oxygen atoms in total. The van der Waals surface area contributed by atoms with Gasteiger partial charge in [-0.1, -0.05) is 74.2 Å². The third kappa shape index (κ3) is 3.25. The average molecular weight is 452 g/mol. The van der Waals surface area contributed by atoms with Gasteiger partial charge in [0.25, 0.3) is 0 Å². The van der Waals surface area contributed by atoms with E-state index in [1.165, 1.54) is 50.1 Å². The molecule has 0 spiro atoms. The standard InChI is InChI=1S/C30H29NOS/c1-30(2)27(31(3)25-15-12-19-7-4-5-10-24(19)28(25)30)16-13-20-8-6-9-22-17-21-11-14-23(32)18-26(21)33-29(20)22/h4-5,7,10-18,27,32H,6,8-9H2,1-3H3. The van der Waals surface area contributed by atoms with Crippen LogP contribution < -0.4 is 4.90 Å². The number of phenols is 1. The van der Waals surface area contributed by atoms with Crippen LogP contribution in [0.4, 0.5) is 5.69 Å². The van der Waals surface area contributed by atoms with E-state index in [1.54, 1.807) is 6.07 Å². The summed E-state index contributed by atoms with van der Waals surface area (Å²) in [5, 5.41) is 12.7. The molecule has 0 fully saturated rings. The van der Waals surface area contributed by atoms with Crippen molar-refractivity contribution in [3.05, 3.63) is 93.9 Å². The highest BCUT2D eigenvalue weighted by Gasteiger charge is 2.42. The maximum atomic E-state index is 9.98. The van der Waals surface area contributed by atoms with Crippen LogP contribution in [0.5, 0.6) is 5.75 Å². The minimum absolute atomic E-state index is 0.0120. The lowest BCUT2D eigenvalue weighted by Crippen LogP contribution is -2.37. The quantitative estimate of drug-likeness (QED) is 0.429. The van der Waals surface area contributed by atoms with Crippen molar-refractivity contribution in [2.45, 2.75) is 49.5 Å². The number of hydrogen-bond acceptors (Lipinski definition) is 3. The van der Waals surface area contributed by atoms with Crippen molar-refractivity contribution in [1.82, 2.24) is 0 Å². The van der Waals surface area contributed by atoms with Gasteiger partial charge < -0.3 is 10.0 Å². The van der Waals surface area contributed by atoms with Crippen molar-refractivity contribution in [3.63, 3.8) is 0 Å². The molecule has 1 aliphatic carbocycles. The van der Waals surface area contributed by atoms with Crippen molar-refractivity contribution < 1.29 is 5.11 Å². The summed E-state index contributed by atoms with van der Waals surface area (Å²) in [5.41, 5.74) is 6.90. The second kappa shape index (κ2) is 7.56. The Morgan fingerprint density at radius 1 is 1.06 bits per heavy atom. The van der Waals surface area contributed by atoms with Crippen LogP contribution in [0.1, 0.15) is 44.2 Å². The van der Waals surface area contributed by atoms with Crippen LogP contribution in [-0.2, 0) is 5.41 Å². The molecule has 3 aromatic carbocycles. The first-order chi connectivity index (χ1) is 15.9. The molecule has 0 amide bonds. The topological polar surface area (TPSA) is 23.5 Å². The van der Waals surface area contributed by atoms with Crippen LogP contribution in [0.3, 0.4) is 0 Å². The monoisotopic (exact) mass is 451 g/mol. The van der Waals surface area contributed by atoms with E-state index in [9.17, 15) is 5.11 Å². The van der Waals surface area contributed by atoms with E-state index in [1.807, 2.05) is 23.9 Å². The highest BCUT2D eigenvalue weighted by atomic mass is 32.2. The first kappa shape index (κ1) is 20.7. The van der Waals surface area contributed by atoms with Crippen LogP contribution in [0.25, 0.3) is 16.8 Å². The SMILES string of the molecule is CN1c2ccc3ccccc3c2C(C)(C)C1C=CC1=C2Sc3cc(O)ccc3C=C2CCC1. The number of benzene rings is 3. The van der Waals surface area contributed by atoms with Gasteiger partial charge in [0.1, 0.15) is 5.75 Å². The number of likely N-dealkylation sites (N-methyl/N-ethyl adjacent to an activating group) is 1. The van der Waals surface area contributed by atoms with Crippen LogP contribution in [0, 0.1) is 0 Å². The Bertz CT molecular complexity index is 1380. The molecule has 0 saturated heterocycles. The summed E-state index contributed by atoms with van der Waals surface area (Å²) in [5.74, 6) is 0.339. The van der Waals surface area contributed by atoms with Crippen molar-refractivity contribution >= 4 is 34.3 Å². The number of allylic oxidation sites excluding steroid dienone is 3. The predicted molar refractivity (Wildman–Crippen MR) is 141 cm³/mol. The Labute approximate surface area is 200 Å². The zero-order valence-corrected chi connectivity index (χ0v) is 20.2. The zero-order chi connectivity index (χ0) is 22.7. The Morgan fingerprint density at radius 2 is 1.91 bits per heavy atom. The molecule has 6 rings (SSSR count). The molecule has 1 atom stereocenters. The summed E-state index contributed by atoms with van der Waals surface area (Å²) in [6.07, 6.45) is 10.6. The van der Waals surface area contributed by atoms with E-state index in [2.05, 4.69) is 80.4 Å². The van der Waals surface area contributed by atoms with Crippen LogP contribution in [0.15, 0.2) is 87.7 Å². The Kier molecular flexibility index (Phi) is 4.74. The fraction of sp³-hybridized carbons (Fsp3) is 0.267. The lowest BCUT2D eigenvalue weighted by molar-refractivity contribution is 0.473. The van der Waals surface area contributed by atoms with Crippen molar-refractivity contribution in [1.29, 1.82) is 0 Å². The van der Waals surface area contributed by atoms with Gasteiger partial charge in [0.2, 0.25) is 0 Å². The average Bonchev–Trinajstić information content (AvgIpc) is 3.01. The van der Waals surface area contributed by atoms with Gasteiger partial charge in [-0.15, -0.1) is 0 Å². The van der Waals surface area contributed by atoms with Crippen molar-refractivity contribution in [3.8, 4) is 5.75 Å². The normalized spacial score (nSPS) is 21.2. The fourth-order valence-electron chi connectivity index (χ4n) is 5.95. The molecule has 2 heterocycles. The smallest absolute Gasteiger partial charge is 0.116 e. The number of anilines is 1. The number of thioether (sulfide) groups is 1. The van der Waals surface area contributed by atoms with Gasteiger partial charge in [-0.2, -0.15) is 0 Å². The maximum Gasteiger partial charge on any atom is 0.116 e. The molecule has 0 saturated carbocycles. The lowest BCUT2D eigenvalue weighted by atomic mass is 9.78. The van der Waals surface area contributed by atoms with Crippen LogP contribution in [0.2, 0.25) is 0 Å². The summed E-state index contributed by atoms with van der Waals surface area (Å²) in [7, 11) is 2.23. The minimum atomic E-state index is 0.0120. The molecule has 2 aliphatic heterocycles. The van der Waals surface area contributed by atoms with Gasteiger partial charge >= 0.3 is 0 Å². The third-order valence-corrected chi connectivity index (χ3v) is 8.88. The summed E-state index contributed by atoms with van der Waals surface area (Å²) < 4.78 is 0. The molecule has 0 bridgehead atoms. The van der Waals surface area contributed by atoms with Crippen molar-refractivity contribution in [2.75, 3.05) is 11.9 Å². The molecule has 166 valence electrons.